The van der Waals surface area contributed by atoms with Crippen LogP contribution in [0.1, 0.15) is 132 Å². The van der Waals surface area contributed by atoms with Crippen molar-refractivity contribution in [2.75, 3.05) is 26.2 Å². The summed E-state index contributed by atoms with van der Waals surface area (Å²) in [5.41, 5.74) is 1.32. The SMILES string of the molecule is CCCCCCCCCCCCNC(=O)c1ccc(CN(CC2CCN(C(=O)NC3CCCCC3)CC2)C(=O)C(=O)O)cc1. The van der Waals surface area contributed by atoms with Crippen LogP contribution in [0, 0.1) is 5.92 Å². The molecule has 0 bridgehead atoms. The number of amides is 4. The van der Waals surface area contributed by atoms with Gasteiger partial charge in [0.2, 0.25) is 0 Å². The van der Waals surface area contributed by atoms with Gasteiger partial charge in [0.15, 0.2) is 0 Å². The van der Waals surface area contributed by atoms with Crippen molar-refractivity contribution in [1.29, 1.82) is 0 Å². The molecular weight excluding hydrogens is 556 g/mol. The van der Waals surface area contributed by atoms with Crippen LogP contribution in [0.5, 0.6) is 0 Å². The molecule has 44 heavy (non-hydrogen) atoms. The van der Waals surface area contributed by atoms with E-state index in [-0.39, 0.29) is 30.4 Å². The van der Waals surface area contributed by atoms with Gasteiger partial charge >= 0.3 is 17.9 Å². The fraction of sp³-hybridized carbons (Fsp3) is 0.714. The van der Waals surface area contributed by atoms with Crippen molar-refractivity contribution in [2.24, 2.45) is 5.92 Å². The minimum atomic E-state index is -1.47. The Bertz CT molecular complexity index is 1020. The number of nitrogens with zero attached hydrogens (tertiary/aromatic N) is 2. The molecule has 9 heteroatoms. The first-order chi connectivity index (χ1) is 21.4. The average molecular weight is 613 g/mol. The van der Waals surface area contributed by atoms with Crippen LogP contribution < -0.4 is 10.6 Å². The zero-order valence-electron chi connectivity index (χ0n) is 27.0. The summed E-state index contributed by atoms with van der Waals surface area (Å²) in [5, 5.41) is 15.6. The van der Waals surface area contributed by atoms with Gasteiger partial charge in [-0.1, -0.05) is 96.1 Å². The fourth-order valence-electron chi connectivity index (χ4n) is 6.40. The summed E-state index contributed by atoms with van der Waals surface area (Å²) in [6.07, 6.45) is 19.6. The average Bonchev–Trinajstić information content (AvgIpc) is 3.04. The molecule has 1 saturated carbocycles. The highest BCUT2D eigenvalue weighted by Gasteiger charge is 2.29. The van der Waals surface area contributed by atoms with Gasteiger partial charge in [-0.3, -0.25) is 9.59 Å². The second-order valence-electron chi connectivity index (χ2n) is 12.8. The third kappa shape index (κ3) is 12.9. The van der Waals surface area contributed by atoms with Gasteiger partial charge < -0.3 is 25.5 Å². The molecule has 3 rings (SSSR count). The number of benzene rings is 1. The lowest BCUT2D eigenvalue weighted by Crippen LogP contribution is -2.49. The van der Waals surface area contributed by atoms with Crippen LogP contribution in [-0.2, 0) is 16.1 Å². The molecule has 3 N–H and O–H groups in total. The van der Waals surface area contributed by atoms with Gasteiger partial charge in [0.25, 0.3) is 5.91 Å². The van der Waals surface area contributed by atoms with Crippen molar-refractivity contribution in [3.63, 3.8) is 0 Å². The second kappa shape index (κ2) is 20.0. The first-order valence-corrected chi connectivity index (χ1v) is 17.3. The summed E-state index contributed by atoms with van der Waals surface area (Å²) in [6, 6.07) is 7.29. The Hall–Kier alpha value is -3.10. The van der Waals surface area contributed by atoms with E-state index in [1.165, 1.54) is 62.7 Å². The van der Waals surface area contributed by atoms with E-state index in [1.807, 2.05) is 4.90 Å². The van der Waals surface area contributed by atoms with Crippen molar-refractivity contribution < 1.29 is 24.3 Å². The maximum Gasteiger partial charge on any atom is 0.394 e. The Morgan fingerprint density at radius 2 is 1.41 bits per heavy atom. The first kappa shape index (κ1) is 35.4. The fourth-order valence-corrected chi connectivity index (χ4v) is 6.40. The van der Waals surface area contributed by atoms with Gasteiger partial charge in [0, 0.05) is 44.3 Å². The summed E-state index contributed by atoms with van der Waals surface area (Å²) in [7, 11) is 0. The lowest BCUT2D eigenvalue weighted by molar-refractivity contribution is -0.156. The molecule has 1 aliphatic carbocycles. The Kier molecular flexibility index (Phi) is 16.1. The summed E-state index contributed by atoms with van der Waals surface area (Å²) in [5.74, 6) is -2.41. The molecule has 0 atom stereocenters. The van der Waals surface area contributed by atoms with Crippen molar-refractivity contribution in [2.45, 2.75) is 129 Å². The number of rotatable bonds is 17. The molecule has 0 spiro atoms. The minimum absolute atomic E-state index is 0.0126. The molecule has 0 aromatic heterocycles. The zero-order chi connectivity index (χ0) is 31.6. The normalized spacial score (nSPS) is 16.0. The predicted molar refractivity (Wildman–Crippen MR) is 173 cm³/mol. The number of carbonyl (C=O) groups excluding carboxylic acids is 3. The van der Waals surface area contributed by atoms with Crippen molar-refractivity contribution in [1.82, 2.24) is 20.4 Å². The first-order valence-electron chi connectivity index (χ1n) is 17.3. The van der Waals surface area contributed by atoms with Crippen LogP contribution in [0.4, 0.5) is 4.79 Å². The molecule has 1 saturated heterocycles. The third-order valence-corrected chi connectivity index (χ3v) is 9.19. The van der Waals surface area contributed by atoms with E-state index in [9.17, 15) is 24.3 Å². The number of nitrogens with one attached hydrogen (secondary N) is 2. The summed E-state index contributed by atoms with van der Waals surface area (Å²) in [4.78, 5) is 52.7. The van der Waals surface area contributed by atoms with E-state index in [4.69, 9.17) is 0 Å². The number of carboxylic acids is 1. The number of unbranched alkanes of at least 4 members (excludes halogenated alkanes) is 9. The molecule has 2 aliphatic rings. The van der Waals surface area contributed by atoms with E-state index in [0.29, 0.717) is 31.7 Å². The molecule has 1 aromatic carbocycles. The Balaban J connectivity index is 1.37. The predicted octanol–water partition coefficient (Wildman–Crippen LogP) is 6.50. The number of likely N-dealkylation sites (tertiary alicyclic amines) is 1. The molecule has 1 aromatic rings. The van der Waals surface area contributed by atoms with Gasteiger partial charge in [0.05, 0.1) is 0 Å². The van der Waals surface area contributed by atoms with Crippen LogP contribution >= 0.6 is 0 Å². The molecule has 0 unspecified atom stereocenters. The van der Waals surface area contributed by atoms with Crippen LogP contribution in [0.25, 0.3) is 0 Å². The van der Waals surface area contributed by atoms with Gasteiger partial charge in [-0.15, -0.1) is 0 Å². The molecule has 9 nitrogen and oxygen atoms in total. The largest absolute Gasteiger partial charge is 0.474 e. The highest BCUT2D eigenvalue weighted by Crippen LogP contribution is 2.22. The number of urea groups is 1. The Morgan fingerprint density at radius 3 is 2.00 bits per heavy atom. The number of hydrogen-bond acceptors (Lipinski definition) is 4. The number of aliphatic carboxylic acids is 1. The molecule has 1 aliphatic heterocycles. The zero-order valence-corrected chi connectivity index (χ0v) is 27.0. The molecule has 4 amide bonds. The van der Waals surface area contributed by atoms with Crippen LogP contribution in [0.3, 0.4) is 0 Å². The van der Waals surface area contributed by atoms with Crippen LogP contribution in [0.2, 0.25) is 0 Å². The quantitative estimate of drug-likeness (QED) is 0.137. The maximum absolute atomic E-state index is 12.7. The Labute approximate surface area is 264 Å². The van der Waals surface area contributed by atoms with E-state index >= 15 is 0 Å². The monoisotopic (exact) mass is 612 g/mol. The molecule has 1 heterocycles. The standard InChI is InChI=1S/C35H56N4O5/c1-2-3-4-5-6-7-8-9-10-14-23-36-32(40)30-19-17-28(18-20-30)26-39(33(41)34(42)43)27-29-21-24-38(25-22-29)35(44)37-31-15-12-11-13-16-31/h17-20,29,31H,2-16,21-27H2,1H3,(H,36,40)(H,37,44)(H,42,43). The summed E-state index contributed by atoms with van der Waals surface area (Å²) < 4.78 is 0. The van der Waals surface area contributed by atoms with Gasteiger partial charge in [-0.25, -0.2) is 9.59 Å². The molecule has 0 radical (unpaired) electrons. The van der Waals surface area contributed by atoms with Crippen molar-refractivity contribution in [3.05, 3.63) is 35.4 Å². The smallest absolute Gasteiger partial charge is 0.394 e. The minimum Gasteiger partial charge on any atom is -0.474 e. The summed E-state index contributed by atoms with van der Waals surface area (Å²) in [6.45, 7) is 4.57. The highest BCUT2D eigenvalue weighted by molar-refractivity contribution is 6.31. The van der Waals surface area contributed by atoms with Gasteiger partial charge in [-0.05, 0) is 55.7 Å². The Morgan fingerprint density at radius 1 is 0.818 bits per heavy atom. The van der Waals surface area contributed by atoms with E-state index in [1.54, 1.807) is 24.3 Å². The van der Waals surface area contributed by atoms with E-state index in [2.05, 4.69) is 17.6 Å². The number of carbonyl (C=O) groups is 4. The molecular formula is C35H56N4O5. The van der Waals surface area contributed by atoms with Crippen molar-refractivity contribution in [3.8, 4) is 0 Å². The third-order valence-electron chi connectivity index (χ3n) is 9.19. The second-order valence-corrected chi connectivity index (χ2v) is 12.8. The molecule has 246 valence electrons. The van der Waals surface area contributed by atoms with Gasteiger partial charge in [0.1, 0.15) is 0 Å². The van der Waals surface area contributed by atoms with E-state index < -0.39 is 11.9 Å². The number of carboxylic acid groups (broad SMARTS) is 1. The van der Waals surface area contributed by atoms with Crippen LogP contribution in [-0.4, -0.2) is 70.9 Å². The van der Waals surface area contributed by atoms with Gasteiger partial charge in [-0.2, -0.15) is 0 Å². The molecule has 2 fully saturated rings. The topological polar surface area (TPSA) is 119 Å². The van der Waals surface area contributed by atoms with Crippen LogP contribution in [0.15, 0.2) is 24.3 Å². The maximum atomic E-state index is 12.7. The van der Waals surface area contributed by atoms with E-state index in [0.717, 1.165) is 56.9 Å². The lowest BCUT2D eigenvalue weighted by atomic mass is 9.95. The van der Waals surface area contributed by atoms with Crippen molar-refractivity contribution >= 4 is 23.8 Å². The summed E-state index contributed by atoms with van der Waals surface area (Å²) >= 11 is 0. The lowest BCUT2D eigenvalue weighted by Gasteiger charge is -2.35. The number of hydrogen-bond donors (Lipinski definition) is 3. The highest BCUT2D eigenvalue weighted by atomic mass is 16.4. The number of piperidine rings is 1.